The normalized spacial score (nSPS) is 23.8. The SMILES string of the molecule is CC(C)CNC(=O)C1CCCN(C(=O)O)C1C(C)(C)C. The van der Waals surface area contributed by atoms with E-state index in [1.54, 1.807) is 0 Å². The Morgan fingerprint density at radius 2 is 1.95 bits per heavy atom. The molecule has 116 valence electrons. The number of hydrogen-bond donors (Lipinski definition) is 2. The van der Waals surface area contributed by atoms with Crippen molar-refractivity contribution in [2.75, 3.05) is 13.1 Å². The number of amides is 2. The van der Waals surface area contributed by atoms with E-state index in [2.05, 4.69) is 5.32 Å². The zero-order valence-corrected chi connectivity index (χ0v) is 13.3. The third-order valence-electron chi connectivity index (χ3n) is 3.79. The van der Waals surface area contributed by atoms with Crippen LogP contribution in [0.4, 0.5) is 4.79 Å². The summed E-state index contributed by atoms with van der Waals surface area (Å²) in [6.45, 7) is 11.3. The maximum absolute atomic E-state index is 12.4. The van der Waals surface area contributed by atoms with E-state index >= 15 is 0 Å². The van der Waals surface area contributed by atoms with Gasteiger partial charge in [-0.2, -0.15) is 0 Å². The molecule has 2 N–H and O–H groups in total. The van der Waals surface area contributed by atoms with Crippen LogP contribution in [0.1, 0.15) is 47.5 Å². The molecule has 1 rings (SSSR count). The molecule has 2 amide bonds. The van der Waals surface area contributed by atoms with E-state index in [0.29, 0.717) is 19.0 Å². The van der Waals surface area contributed by atoms with Crippen LogP contribution in [0.2, 0.25) is 0 Å². The number of likely N-dealkylation sites (tertiary alicyclic amines) is 1. The Hall–Kier alpha value is -1.26. The molecule has 0 aromatic carbocycles. The monoisotopic (exact) mass is 284 g/mol. The van der Waals surface area contributed by atoms with Crippen molar-refractivity contribution in [2.24, 2.45) is 17.3 Å². The molecule has 0 bridgehead atoms. The summed E-state index contributed by atoms with van der Waals surface area (Å²) in [5.41, 5.74) is -0.251. The molecule has 2 unspecified atom stereocenters. The average Bonchev–Trinajstić information content (AvgIpc) is 2.33. The van der Waals surface area contributed by atoms with Gasteiger partial charge in [-0.25, -0.2) is 4.79 Å². The molecule has 1 heterocycles. The molecule has 0 aromatic heterocycles. The molecule has 5 nitrogen and oxygen atoms in total. The number of nitrogens with zero attached hydrogens (tertiary/aromatic N) is 1. The first-order chi connectivity index (χ1) is 9.14. The minimum Gasteiger partial charge on any atom is -0.465 e. The lowest BCUT2D eigenvalue weighted by molar-refractivity contribution is -0.130. The third kappa shape index (κ3) is 4.12. The van der Waals surface area contributed by atoms with Gasteiger partial charge in [0.15, 0.2) is 0 Å². The summed E-state index contributed by atoms with van der Waals surface area (Å²) >= 11 is 0. The lowest BCUT2D eigenvalue weighted by Crippen LogP contribution is -2.57. The molecule has 0 radical (unpaired) electrons. The van der Waals surface area contributed by atoms with Crippen molar-refractivity contribution >= 4 is 12.0 Å². The summed E-state index contributed by atoms with van der Waals surface area (Å²) in [5.74, 6) is 0.134. The standard InChI is InChI=1S/C15H28N2O3/c1-10(2)9-16-13(18)11-7-6-8-17(14(19)20)12(11)15(3,4)5/h10-12H,6-9H2,1-5H3,(H,16,18)(H,19,20). The number of carbonyl (C=O) groups is 2. The first kappa shape index (κ1) is 16.8. The number of nitrogens with one attached hydrogen (secondary N) is 1. The summed E-state index contributed by atoms with van der Waals surface area (Å²) in [5, 5.41) is 12.3. The van der Waals surface area contributed by atoms with E-state index in [4.69, 9.17) is 0 Å². The minimum atomic E-state index is -0.925. The molecule has 20 heavy (non-hydrogen) atoms. The van der Waals surface area contributed by atoms with E-state index in [1.165, 1.54) is 4.90 Å². The van der Waals surface area contributed by atoms with Crippen LogP contribution < -0.4 is 5.32 Å². The second-order valence-corrected chi connectivity index (χ2v) is 7.17. The maximum atomic E-state index is 12.4. The average molecular weight is 284 g/mol. The smallest absolute Gasteiger partial charge is 0.407 e. The number of carbonyl (C=O) groups excluding carboxylic acids is 1. The van der Waals surface area contributed by atoms with Gasteiger partial charge in [0, 0.05) is 13.1 Å². The predicted octanol–water partition coefficient (Wildman–Crippen LogP) is 2.56. The van der Waals surface area contributed by atoms with Crippen molar-refractivity contribution in [1.29, 1.82) is 0 Å². The summed E-state index contributed by atoms with van der Waals surface area (Å²) in [7, 11) is 0. The highest BCUT2D eigenvalue weighted by Crippen LogP contribution is 2.36. The molecule has 0 spiro atoms. The fourth-order valence-electron chi connectivity index (χ4n) is 2.99. The Labute approximate surface area is 121 Å². The highest BCUT2D eigenvalue weighted by molar-refractivity contribution is 5.80. The molecule has 5 heteroatoms. The van der Waals surface area contributed by atoms with Crippen molar-refractivity contribution in [3.8, 4) is 0 Å². The van der Waals surface area contributed by atoms with Gasteiger partial charge in [0.2, 0.25) is 5.91 Å². The summed E-state index contributed by atoms with van der Waals surface area (Å²) in [4.78, 5) is 25.3. The van der Waals surface area contributed by atoms with E-state index in [1.807, 2.05) is 34.6 Å². The van der Waals surface area contributed by atoms with Crippen molar-refractivity contribution in [1.82, 2.24) is 10.2 Å². The molecule has 1 saturated heterocycles. The number of rotatable bonds is 3. The highest BCUT2D eigenvalue weighted by Gasteiger charge is 2.44. The molecule has 0 aliphatic carbocycles. The Balaban J connectivity index is 2.90. The van der Waals surface area contributed by atoms with Gasteiger partial charge < -0.3 is 15.3 Å². The van der Waals surface area contributed by atoms with Crippen molar-refractivity contribution in [3.63, 3.8) is 0 Å². The third-order valence-corrected chi connectivity index (χ3v) is 3.79. The largest absolute Gasteiger partial charge is 0.465 e. The fraction of sp³-hybridized carbons (Fsp3) is 0.867. The van der Waals surface area contributed by atoms with Gasteiger partial charge in [0.25, 0.3) is 0 Å². The molecule has 1 aliphatic heterocycles. The van der Waals surface area contributed by atoms with Crippen LogP contribution in [0.25, 0.3) is 0 Å². The van der Waals surface area contributed by atoms with E-state index < -0.39 is 6.09 Å². The van der Waals surface area contributed by atoms with Gasteiger partial charge in [-0.1, -0.05) is 34.6 Å². The van der Waals surface area contributed by atoms with E-state index in [0.717, 1.165) is 12.8 Å². The van der Waals surface area contributed by atoms with Crippen LogP contribution in [-0.2, 0) is 4.79 Å². The lowest BCUT2D eigenvalue weighted by atomic mass is 9.73. The highest BCUT2D eigenvalue weighted by atomic mass is 16.4. The quantitative estimate of drug-likeness (QED) is 0.837. The lowest BCUT2D eigenvalue weighted by Gasteiger charge is -2.46. The molecule has 0 saturated carbocycles. The van der Waals surface area contributed by atoms with Crippen molar-refractivity contribution in [2.45, 2.75) is 53.5 Å². The van der Waals surface area contributed by atoms with Crippen LogP contribution in [-0.4, -0.2) is 41.1 Å². The molecular formula is C15H28N2O3. The van der Waals surface area contributed by atoms with E-state index in [9.17, 15) is 14.7 Å². The first-order valence-electron chi connectivity index (χ1n) is 7.42. The van der Waals surface area contributed by atoms with Crippen LogP contribution in [0, 0.1) is 17.3 Å². The minimum absolute atomic E-state index is 0.00965. The second-order valence-electron chi connectivity index (χ2n) is 7.17. The van der Waals surface area contributed by atoms with Gasteiger partial charge in [-0.05, 0) is 24.2 Å². The van der Waals surface area contributed by atoms with Crippen LogP contribution >= 0.6 is 0 Å². The Kier molecular flexibility index (Phi) is 5.42. The number of hydrogen-bond acceptors (Lipinski definition) is 2. The van der Waals surface area contributed by atoms with Crippen LogP contribution in [0.5, 0.6) is 0 Å². The maximum Gasteiger partial charge on any atom is 0.407 e. The number of piperidine rings is 1. The second kappa shape index (κ2) is 6.46. The van der Waals surface area contributed by atoms with Crippen molar-refractivity contribution < 1.29 is 14.7 Å². The zero-order valence-electron chi connectivity index (χ0n) is 13.3. The Bertz CT molecular complexity index is 361. The Morgan fingerprint density at radius 1 is 1.35 bits per heavy atom. The summed E-state index contributed by atoms with van der Waals surface area (Å²) in [6, 6.07) is -0.263. The fourth-order valence-corrected chi connectivity index (χ4v) is 2.99. The van der Waals surface area contributed by atoms with Gasteiger partial charge >= 0.3 is 6.09 Å². The molecule has 2 atom stereocenters. The Morgan fingerprint density at radius 3 is 2.40 bits per heavy atom. The van der Waals surface area contributed by atoms with E-state index in [-0.39, 0.29) is 23.3 Å². The summed E-state index contributed by atoms with van der Waals surface area (Å²) in [6.07, 6.45) is 0.583. The number of carboxylic acid groups (broad SMARTS) is 1. The molecule has 0 aromatic rings. The van der Waals surface area contributed by atoms with Gasteiger partial charge in [0.05, 0.1) is 12.0 Å². The van der Waals surface area contributed by atoms with Gasteiger partial charge in [0.1, 0.15) is 0 Å². The van der Waals surface area contributed by atoms with Crippen LogP contribution in [0.15, 0.2) is 0 Å². The van der Waals surface area contributed by atoms with Gasteiger partial charge in [-0.15, -0.1) is 0 Å². The van der Waals surface area contributed by atoms with Crippen LogP contribution in [0.3, 0.4) is 0 Å². The topological polar surface area (TPSA) is 69.6 Å². The summed E-state index contributed by atoms with van der Waals surface area (Å²) < 4.78 is 0. The van der Waals surface area contributed by atoms with Crippen molar-refractivity contribution in [3.05, 3.63) is 0 Å². The first-order valence-corrected chi connectivity index (χ1v) is 7.42. The molecular weight excluding hydrogens is 256 g/mol. The predicted molar refractivity (Wildman–Crippen MR) is 78.5 cm³/mol. The van der Waals surface area contributed by atoms with Gasteiger partial charge in [-0.3, -0.25) is 4.79 Å². The molecule has 1 aliphatic rings. The zero-order chi connectivity index (χ0) is 15.5. The molecule has 1 fully saturated rings.